The lowest BCUT2D eigenvalue weighted by Crippen LogP contribution is -2.42. The topological polar surface area (TPSA) is 46.6 Å². The highest BCUT2D eigenvalue weighted by Crippen LogP contribution is 2.19. The number of anilines is 1. The van der Waals surface area contributed by atoms with E-state index in [0.717, 1.165) is 37.4 Å². The molecule has 2 heterocycles. The molecule has 1 N–H and O–H groups in total. The smallest absolute Gasteiger partial charge is 0.213 e. The lowest BCUT2D eigenvalue weighted by Gasteiger charge is -2.34. The van der Waals surface area contributed by atoms with Gasteiger partial charge in [0, 0.05) is 32.0 Å². The summed E-state index contributed by atoms with van der Waals surface area (Å²) in [7, 11) is 1.60. The number of hydrogen-bond acceptors (Lipinski definition) is 4. The molecule has 1 aliphatic rings. The molecule has 0 aromatic carbocycles. The average molecular weight is 359 g/mol. The Hall–Kier alpha value is -2.34. The Morgan fingerprint density at radius 2 is 2.16 bits per heavy atom. The van der Waals surface area contributed by atoms with Crippen molar-refractivity contribution in [3.05, 3.63) is 55.0 Å². The molecule has 0 atom stereocenters. The molecule has 0 amide bonds. The van der Waals surface area contributed by atoms with Gasteiger partial charge in [0.1, 0.15) is 11.9 Å². The van der Waals surface area contributed by atoms with Gasteiger partial charge >= 0.3 is 0 Å². The van der Waals surface area contributed by atoms with Crippen LogP contribution in [0.5, 0.6) is 5.88 Å². The molecule has 134 valence electrons. The zero-order valence-corrected chi connectivity index (χ0v) is 15.6. The Labute approximate surface area is 155 Å². The number of thiocarbonyl (C=S) groups is 1. The number of nitrogens with one attached hydrogen (secondary N) is 1. The van der Waals surface area contributed by atoms with Crippen LogP contribution in [-0.2, 0) is 4.74 Å². The van der Waals surface area contributed by atoms with Crippen LogP contribution < -0.4 is 10.1 Å². The van der Waals surface area contributed by atoms with Crippen molar-refractivity contribution in [1.82, 2.24) is 9.88 Å². The number of rotatable bonds is 6. The summed E-state index contributed by atoms with van der Waals surface area (Å²) >= 11 is 5.51. The number of pyridine rings is 1. The van der Waals surface area contributed by atoms with Crippen LogP contribution in [0, 0.1) is 0 Å². The third-order valence-electron chi connectivity index (χ3n) is 3.84. The van der Waals surface area contributed by atoms with E-state index in [1.54, 1.807) is 25.4 Å². The van der Waals surface area contributed by atoms with Gasteiger partial charge in [-0.05, 0) is 37.4 Å². The van der Waals surface area contributed by atoms with Crippen LogP contribution in [0.15, 0.2) is 55.0 Å². The van der Waals surface area contributed by atoms with Crippen molar-refractivity contribution in [2.75, 3.05) is 25.5 Å². The molecule has 1 aliphatic heterocycles. The second kappa shape index (κ2) is 9.84. The SMILES string of the molecule is C=C/C=C(\C=C/C)OC1CCN(C(=S)Nc2ccc(OC)nc2)CC1. The Morgan fingerprint density at radius 1 is 1.40 bits per heavy atom. The Bertz CT molecular complexity index is 633. The first-order chi connectivity index (χ1) is 12.2. The number of likely N-dealkylation sites (tertiary alicyclic amines) is 1. The normalized spacial score (nSPS) is 15.9. The quantitative estimate of drug-likeness (QED) is 0.472. The van der Waals surface area contributed by atoms with Gasteiger partial charge in [0.25, 0.3) is 0 Å². The monoisotopic (exact) mass is 359 g/mol. The maximum atomic E-state index is 6.03. The fraction of sp³-hybridized carbons (Fsp3) is 0.368. The minimum Gasteiger partial charge on any atom is -0.490 e. The number of methoxy groups -OCH3 is 1. The minimum absolute atomic E-state index is 0.198. The van der Waals surface area contributed by atoms with Crippen molar-refractivity contribution >= 4 is 23.0 Å². The molecule has 0 saturated carbocycles. The van der Waals surface area contributed by atoms with Crippen LogP contribution >= 0.6 is 12.2 Å². The van der Waals surface area contributed by atoms with Crippen LogP contribution in [-0.4, -0.2) is 41.3 Å². The summed E-state index contributed by atoms with van der Waals surface area (Å²) < 4.78 is 11.1. The van der Waals surface area contributed by atoms with Gasteiger partial charge in [-0.2, -0.15) is 0 Å². The van der Waals surface area contributed by atoms with E-state index in [1.165, 1.54) is 0 Å². The highest BCUT2D eigenvalue weighted by atomic mass is 32.1. The summed E-state index contributed by atoms with van der Waals surface area (Å²) in [6.07, 6.45) is 11.3. The van der Waals surface area contributed by atoms with Crippen molar-refractivity contribution in [3.8, 4) is 5.88 Å². The Kier molecular flexibility index (Phi) is 7.47. The summed E-state index contributed by atoms with van der Waals surface area (Å²) in [5.74, 6) is 1.43. The predicted molar refractivity (Wildman–Crippen MR) is 106 cm³/mol. The maximum absolute atomic E-state index is 6.03. The molecule has 0 radical (unpaired) electrons. The van der Waals surface area contributed by atoms with Gasteiger partial charge in [-0.1, -0.05) is 18.7 Å². The van der Waals surface area contributed by atoms with Crippen molar-refractivity contribution in [2.24, 2.45) is 0 Å². The molecule has 0 bridgehead atoms. The first kappa shape index (κ1) is 19.0. The average Bonchev–Trinajstić information content (AvgIpc) is 2.63. The van der Waals surface area contributed by atoms with E-state index in [9.17, 15) is 0 Å². The van der Waals surface area contributed by atoms with Gasteiger partial charge in [0.05, 0.1) is 19.0 Å². The number of piperidine rings is 1. The lowest BCUT2D eigenvalue weighted by atomic mass is 10.1. The van der Waals surface area contributed by atoms with Gasteiger partial charge in [0.2, 0.25) is 5.88 Å². The first-order valence-electron chi connectivity index (χ1n) is 8.34. The highest BCUT2D eigenvalue weighted by Gasteiger charge is 2.22. The van der Waals surface area contributed by atoms with E-state index in [-0.39, 0.29) is 6.10 Å². The summed E-state index contributed by atoms with van der Waals surface area (Å²) in [6.45, 7) is 7.42. The Morgan fingerprint density at radius 3 is 2.72 bits per heavy atom. The number of aromatic nitrogens is 1. The molecule has 1 aromatic heterocycles. The Balaban J connectivity index is 1.83. The second-order valence-electron chi connectivity index (χ2n) is 5.63. The van der Waals surface area contributed by atoms with E-state index in [2.05, 4.69) is 21.8 Å². The van der Waals surface area contributed by atoms with Crippen LogP contribution in [0.4, 0.5) is 5.69 Å². The highest BCUT2D eigenvalue weighted by molar-refractivity contribution is 7.80. The number of nitrogens with zero attached hydrogens (tertiary/aromatic N) is 2. The van der Waals surface area contributed by atoms with Gasteiger partial charge < -0.3 is 19.7 Å². The van der Waals surface area contributed by atoms with Gasteiger partial charge in [-0.25, -0.2) is 4.98 Å². The number of allylic oxidation sites excluding steroid dienone is 4. The zero-order chi connectivity index (χ0) is 18.1. The zero-order valence-electron chi connectivity index (χ0n) is 14.8. The largest absolute Gasteiger partial charge is 0.490 e. The van der Waals surface area contributed by atoms with E-state index >= 15 is 0 Å². The number of ether oxygens (including phenoxy) is 2. The lowest BCUT2D eigenvalue weighted by molar-refractivity contribution is 0.0756. The summed E-state index contributed by atoms with van der Waals surface area (Å²) in [4.78, 5) is 6.33. The molecule has 0 aliphatic carbocycles. The number of hydrogen-bond donors (Lipinski definition) is 1. The maximum Gasteiger partial charge on any atom is 0.213 e. The minimum atomic E-state index is 0.198. The van der Waals surface area contributed by atoms with Crippen molar-refractivity contribution in [2.45, 2.75) is 25.9 Å². The van der Waals surface area contributed by atoms with E-state index in [4.69, 9.17) is 21.7 Å². The predicted octanol–water partition coefficient (Wildman–Crippen LogP) is 3.91. The van der Waals surface area contributed by atoms with E-state index < -0.39 is 0 Å². The van der Waals surface area contributed by atoms with Gasteiger partial charge in [-0.15, -0.1) is 0 Å². The van der Waals surface area contributed by atoms with Crippen molar-refractivity contribution < 1.29 is 9.47 Å². The molecule has 1 aromatic rings. The van der Waals surface area contributed by atoms with Crippen LogP contribution in [0.2, 0.25) is 0 Å². The first-order valence-corrected chi connectivity index (χ1v) is 8.75. The van der Waals surface area contributed by atoms with E-state index in [1.807, 2.05) is 31.2 Å². The molecule has 1 saturated heterocycles. The molecule has 0 spiro atoms. The van der Waals surface area contributed by atoms with Gasteiger partial charge in [0.15, 0.2) is 5.11 Å². The third kappa shape index (κ3) is 5.90. The molecule has 1 fully saturated rings. The van der Waals surface area contributed by atoms with Crippen molar-refractivity contribution in [1.29, 1.82) is 0 Å². The second-order valence-corrected chi connectivity index (χ2v) is 6.02. The fourth-order valence-corrected chi connectivity index (χ4v) is 2.86. The van der Waals surface area contributed by atoms with Crippen LogP contribution in [0.25, 0.3) is 0 Å². The molecule has 5 nitrogen and oxygen atoms in total. The van der Waals surface area contributed by atoms with Gasteiger partial charge in [-0.3, -0.25) is 0 Å². The standard InChI is InChI=1S/C19H25N3O2S/c1-4-6-16(7-5-2)24-17-10-12-22(13-11-17)19(25)21-15-8-9-18(23-3)20-14-15/h4-9,14,17H,1,10-13H2,2-3H3,(H,21,25)/b7-5-,16-6+. The molecule has 6 heteroatoms. The van der Waals surface area contributed by atoms with Crippen molar-refractivity contribution in [3.63, 3.8) is 0 Å². The summed E-state index contributed by atoms with van der Waals surface area (Å²) in [6, 6.07) is 3.71. The molecular weight excluding hydrogens is 334 g/mol. The van der Waals surface area contributed by atoms with Crippen LogP contribution in [0.1, 0.15) is 19.8 Å². The van der Waals surface area contributed by atoms with E-state index in [0.29, 0.717) is 11.0 Å². The summed E-state index contributed by atoms with van der Waals surface area (Å²) in [5.41, 5.74) is 0.855. The molecule has 0 unspecified atom stereocenters. The van der Waals surface area contributed by atoms with Crippen LogP contribution in [0.3, 0.4) is 0 Å². The third-order valence-corrected chi connectivity index (χ3v) is 4.20. The molecule has 25 heavy (non-hydrogen) atoms. The summed E-state index contributed by atoms with van der Waals surface area (Å²) in [5, 5.41) is 3.93. The fourth-order valence-electron chi connectivity index (χ4n) is 2.56. The molecular formula is C19H25N3O2S. The molecule has 2 rings (SSSR count).